The number of hydrogen-bond donors (Lipinski definition) is 2. The van der Waals surface area contributed by atoms with Crippen molar-refractivity contribution >= 4 is 23.6 Å². The Morgan fingerprint density at radius 1 is 0.944 bits per heavy atom. The zero-order valence-corrected chi connectivity index (χ0v) is 20.0. The van der Waals surface area contributed by atoms with E-state index < -0.39 is 6.17 Å². The van der Waals surface area contributed by atoms with Gasteiger partial charge in [-0.15, -0.1) is 5.11 Å². The standard InChI is InChI=1S/C26H29N7O3/c27-31-29-24-15-21(26(35)33-12-9-22(16-33)30-36)13-20-8-7-19(14-23(20)28-24)17-3-5-18(6-4-17)25(34)32-10-1-2-11-32/h3-8,13-14,22,24,28H,1-2,9-12,15-16H2,(H2,27,29)/t22-,24?/m1/s1. The Morgan fingerprint density at radius 3 is 2.39 bits per heavy atom. The first-order valence-electron chi connectivity index (χ1n) is 12.3. The van der Waals surface area contributed by atoms with Crippen molar-refractivity contribution < 1.29 is 9.59 Å². The van der Waals surface area contributed by atoms with Crippen LogP contribution >= 0.6 is 0 Å². The van der Waals surface area contributed by atoms with Gasteiger partial charge in [0, 0.05) is 49.4 Å². The van der Waals surface area contributed by atoms with Crippen molar-refractivity contribution in [2.24, 2.45) is 21.4 Å². The molecule has 5 rings (SSSR count). The molecule has 3 heterocycles. The van der Waals surface area contributed by atoms with Crippen LogP contribution in [0.15, 0.2) is 63.6 Å². The molecule has 36 heavy (non-hydrogen) atoms. The molecule has 3 aliphatic rings. The van der Waals surface area contributed by atoms with Crippen LogP contribution in [0.1, 0.15) is 41.6 Å². The van der Waals surface area contributed by atoms with Gasteiger partial charge in [-0.1, -0.05) is 34.7 Å². The van der Waals surface area contributed by atoms with Crippen LogP contribution in [-0.4, -0.2) is 60.0 Å². The highest BCUT2D eigenvalue weighted by atomic mass is 16.3. The van der Waals surface area contributed by atoms with E-state index in [9.17, 15) is 14.5 Å². The van der Waals surface area contributed by atoms with Crippen molar-refractivity contribution in [1.29, 1.82) is 0 Å². The van der Waals surface area contributed by atoms with E-state index in [4.69, 9.17) is 5.84 Å². The number of rotatable bonds is 5. The van der Waals surface area contributed by atoms with E-state index in [0.29, 0.717) is 37.1 Å². The maximum Gasteiger partial charge on any atom is 0.253 e. The predicted octanol–water partition coefficient (Wildman–Crippen LogP) is 3.81. The highest BCUT2D eigenvalue weighted by Crippen LogP contribution is 2.33. The molecule has 0 aliphatic carbocycles. The number of nitrogens with two attached hydrogens (primary N) is 1. The van der Waals surface area contributed by atoms with E-state index in [1.165, 1.54) is 0 Å². The molecular weight excluding hydrogens is 458 g/mol. The number of likely N-dealkylation sites (tertiary alicyclic amines) is 2. The van der Waals surface area contributed by atoms with Gasteiger partial charge in [-0.3, -0.25) is 9.59 Å². The van der Waals surface area contributed by atoms with Gasteiger partial charge in [-0.05, 0) is 60.2 Å². The monoisotopic (exact) mass is 487 g/mol. The van der Waals surface area contributed by atoms with Gasteiger partial charge in [0.2, 0.25) is 5.91 Å². The van der Waals surface area contributed by atoms with Crippen molar-refractivity contribution in [3.8, 4) is 11.1 Å². The fraction of sp³-hybridized carbons (Fsp3) is 0.385. The second kappa shape index (κ2) is 10.3. The van der Waals surface area contributed by atoms with Crippen molar-refractivity contribution in [3.63, 3.8) is 0 Å². The molecule has 3 N–H and O–H groups in total. The lowest BCUT2D eigenvalue weighted by Gasteiger charge is -2.18. The molecule has 3 aliphatic heterocycles. The largest absolute Gasteiger partial charge is 0.361 e. The van der Waals surface area contributed by atoms with Gasteiger partial charge < -0.3 is 21.0 Å². The Morgan fingerprint density at radius 2 is 1.69 bits per heavy atom. The first-order chi connectivity index (χ1) is 17.6. The highest BCUT2D eigenvalue weighted by molar-refractivity contribution is 6.00. The van der Waals surface area contributed by atoms with Gasteiger partial charge in [-0.2, -0.15) is 4.91 Å². The maximum absolute atomic E-state index is 13.2. The van der Waals surface area contributed by atoms with Gasteiger partial charge in [-0.25, -0.2) is 0 Å². The number of carbonyl (C=O) groups excluding carboxylic acids is 2. The second-order valence-electron chi connectivity index (χ2n) is 9.44. The maximum atomic E-state index is 13.2. The Labute approximate surface area is 209 Å². The molecular formula is C26H29N7O3. The number of nitroso groups, excluding NO2 is 1. The molecule has 186 valence electrons. The molecule has 0 bridgehead atoms. The Kier molecular flexibility index (Phi) is 6.75. The lowest BCUT2D eigenvalue weighted by atomic mass is 10.00. The number of benzene rings is 2. The minimum atomic E-state index is -0.509. The number of nitrogens with zero attached hydrogens (tertiary/aromatic N) is 5. The predicted molar refractivity (Wildman–Crippen MR) is 137 cm³/mol. The normalized spacial score (nSPS) is 21.6. The summed E-state index contributed by atoms with van der Waals surface area (Å²) in [7, 11) is 0. The Balaban J connectivity index is 1.40. The SMILES string of the molecule is NN=NC1CC(C(=O)N2CC[C@@H](N=O)C2)=Cc2ccc(-c3ccc(C(=O)N4CCCC4)cc3)cc2N1. The first-order valence-corrected chi connectivity index (χ1v) is 12.3. The van der Waals surface area contributed by atoms with E-state index >= 15 is 0 Å². The summed E-state index contributed by atoms with van der Waals surface area (Å²) in [6.45, 7) is 2.48. The molecule has 0 spiro atoms. The Hall–Kier alpha value is -4.08. The molecule has 2 atom stereocenters. The molecule has 2 saturated heterocycles. The second-order valence-corrected chi connectivity index (χ2v) is 9.44. The zero-order valence-electron chi connectivity index (χ0n) is 20.0. The van der Waals surface area contributed by atoms with Crippen molar-refractivity contribution in [3.05, 3.63) is 64.1 Å². The van der Waals surface area contributed by atoms with E-state index in [2.05, 4.69) is 20.8 Å². The Bertz CT molecular complexity index is 1220. The average Bonchev–Trinajstić information content (AvgIpc) is 3.58. The molecule has 0 aromatic heterocycles. The molecule has 10 nitrogen and oxygen atoms in total. The van der Waals surface area contributed by atoms with Crippen LogP contribution in [0.3, 0.4) is 0 Å². The number of anilines is 1. The number of amides is 2. The molecule has 2 fully saturated rings. The smallest absolute Gasteiger partial charge is 0.253 e. The average molecular weight is 488 g/mol. The van der Waals surface area contributed by atoms with E-state index in [-0.39, 0.29) is 17.9 Å². The van der Waals surface area contributed by atoms with Gasteiger partial charge in [0.05, 0.1) is 0 Å². The fourth-order valence-electron chi connectivity index (χ4n) is 5.09. The minimum Gasteiger partial charge on any atom is -0.361 e. The third-order valence-electron chi connectivity index (χ3n) is 7.06. The molecule has 2 aromatic carbocycles. The van der Waals surface area contributed by atoms with Crippen LogP contribution in [0.2, 0.25) is 0 Å². The van der Waals surface area contributed by atoms with E-state index in [1.807, 2.05) is 53.4 Å². The third-order valence-corrected chi connectivity index (χ3v) is 7.06. The molecule has 0 saturated carbocycles. The number of nitrogens with one attached hydrogen (secondary N) is 1. The van der Waals surface area contributed by atoms with Crippen LogP contribution < -0.4 is 11.2 Å². The summed E-state index contributed by atoms with van der Waals surface area (Å²) in [5.74, 6) is 5.29. The number of fused-ring (bicyclic) bond motifs is 1. The summed E-state index contributed by atoms with van der Waals surface area (Å²) in [6.07, 6.45) is 4.37. The molecule has 2 aromatic rings. The summed E-state index contributed by atoms with van der Waals surface area (Å²) in [4.78, 5) is 40.3. The van der Waals surface area contributed by atoms with Crippen molar-refractivity contribution in [2.75, 3.05) is 31.5 Å². The first kappa shape index (κ1) is 23.7. The fourth-order valence-corrected chi connectivity index (χ4v) is 5.09. The number of hydrogen-bond acceptors (Lipinski definition) is 7. The van der Waals surface area contributed by atoms with Crippen LogP contribution in [0.25, 0.3) is 17.2 Å². The van der Waals surface area contributed by atoms with Crippen molar-refractivity contribution in [1.82, 2.24) is 9.80 Å². The van der Waals surface area contributed by atoms with Crippen LogP contribution in [0.5, 0.6) is 0 Å². The minimum absolute atomic E-state index is 0.0770. The van der Waals surface area contributed by atoms with Gasteiger partial charge >= 0.3 is 0 Å². The quantitative estimate of drug-likeness (QED) is 0.286. The molecule has 10 heteroatoms. The van der Waals surface area contributed by atoms with Crippen LogP contribution in [0, 0.1) is 4.91 Å². The summed E-state index contributed by atoms with van der Waals surface area (Å²) in [5.41, 5.74) is 4.86. The van der Waals surface area contributed by atoms with E-state index in [1.54, 1.807) is 4.90 Å². The molecule has 2 amide bonds. The molecule has 1 unspecified atom stereocenters. The lowest BCUT2D eigenvalue weighted by Crippen LogP contribution is -2.32. The van der Waals surface area contributed by atoms with Gasteiger partial charge in [0.1, 0.15) is 12.2 Å². The number of carbonyl (C=O) groups is 2. The summed E-state index contributed by atoms with van der Waals surface area (Å²) in [6, 6.07) is 13.2. The van der Waals surface area contributed by atoms with Gasteiger partial charge in [0.25, 0.3) is 5.91 Å². The van der Waals surface area contributed by atoms with Gasteiger partial charge in [0.15, 0.2) is 0 Å². The van der Waals surface area contributed by atoms with Crippen LogP contribution in [-0.2, 0) is 4.79 Å². The summed E-state index contributed by atoms with van der Waals surface area (Å²) in [5, 5.41) is 14.0. The zero-order chi connectivity index (χ0) is 25.1. The molecule has 0 radical (unpaired) electrons. The highest BCUT2D eigenvalue weighted by Gasteiger charge is 2.31. The summed E-state index contributed by atoms with van der Waals surface area (Å²) >= 11 is 0. The van der Waals surface area contributed by atoms with Crippen molar-refractivity contribution in [2.45, 2.75) is 37.9 Å². The third kappa shape index (κ3) is 4.84. The topological polar surface area (TPSA) is 133 Å². The van der Waals surface area contributed by atoms with Crippen LogP contribution in [0.4, 0.5) is 5.69 Å². The van der Waals surface area contributed by atoms with E-state index in [0.717, 1.165) is 48.3 Å². The lowest BCUT2D eigenvalue weighted by molar-refractivity contribution is -0.126. The summed E-state index contributed by atoms with van der Waals surface area (Å²) < 4.78 is 0.